The van der Waals surface area contributed by atoms with Gasteiger partial charge in [-0.25, -0.2) is 9.40 Å². The standard InChI is InChI=1S/C25H32FN3O4/c1-17(30)33-16-22-21-4-2-3-5-23(21)27-29(25(22)32)15-14-28-12-10-19(11-13-28)24(31)18-6-8-20(26)9-7-18/h6-9,19,21-22H,2-5,10-16H2,1H3. The Morgan fingerprint density at radius 3 is 2.52 bits per heavy atom. The second-order valence-electron chi connectivity index (χ2n) is 9.30. The van der Waals surface area contributed by atoms with Crippen molar-refractivity contribution in [1.82, 2.24) is 9.91 Å². The molecule has 1 amide bonds. The van der Waals surface area contributed by atoms with Crippen LogP contribution in [-0.4, -0.2) is 66.1 Å². The molecule has 1 aliphatic carbocycles. The van der Waals surface area contributed by atoms with Gasteiger partial charge in [0.25, 0.3) is 0 Å². The molecular formula is C25H32FN3O4. The Hall–Kier alpha value is -2.61. The first-order valence-electron chi connectivity index (χ1n) is 12.0. The lowest BCUT2D eigenvalue weighted by atomic mass is 9.77. The lowest BCUT2D eigenvalue weighted by molar-refractivity contribution is -0.148. The average molecular weight is 458 g/mol. The Balaban J connectivity index is 1.31. The molecule has 2 atom stereocenters. The Morgan fingerprint density at radius 1 is 1.09 bits per heavy atom. The first-order valence-corrected chi connectivity index (χ1v) is 12.0. The summed E-state index contributed by atoms with van der Waals surface area (Å²) >= 11 is 0. The maximum absolute atomic E-state index is 13.1. The highest BCUT2D eigenvalue weighted by atomic mass is 19.1. The molecule has 1 saturated heterocycles. The first kappa shape index (κ1) is 23.5. The van der Waals surface area contributed by atoms with Gasteiger partial charge in [0.2, 0.25) is 5.91 Å². The number of fused-ring (bicyclic) bond motifs is 1. The van der Waals surface area contributed by atoms with Crippen molar-refractivity contribution >= 4 is 23.4 Å². The van der Waals surface area contributed by atoms with E-state index in [0.29, 0.717) is 18.7 Å². The molecule has 0 radical (unpaired) electrons. The van der Waals surface area contributed by atoms with Crippen LogP contribution in [0.5, 0.6) is 0 Å². The summed E-state index contributed by atoms with van der Waals surface area (Å²) in [6, 6.07) is 5.75. The summed E-state index contributed by atoms with van der Waals surface area (Å²) in [6.45, 7) is 4.20. The van der Waals surface area contributed by atoms with Crippen molar-refractivity contribution in [3.63, 3.8) is 0 Å². The minimum atomic E-state index is -0.368. The second-order valence-corrected chi connectivity index (χ2v) is 9.30. The summed E-state index contributed by atoms with van der Waals surface area (Å²) in [7, 11) is 0. The Labute approximate surface area is 193 Å². The predicted octanol–water partition coefficient (Wildman–Crippen LogP) is 3.29. The molecule has 3 aliphatic rings. The molecule has 2 aliphatic heterocycles. The van der Waals surface area contributed by atoms with Gasteiger partial charge in [-0.1, -0.05) is 6.42 Å². The molecule has 178 valence electrons. The van der Waals surface area contributed by atoms with E-state index in [9.17, 15) is 18.8 Å². The van der Waals surface area contributed by atoms with Crippen LogP contribution in [-0.2, 0) is 14.3 Å². The van der Waals surface area contributed by atoms with Crippen molar-refractivity contribution in [2.75, 3.05) is 32.8 Å². The third kappa shape index (κ3) is 5.66. The van der Waals surface area contributed by atoms with Crippen LogP contribution in [0, 0.1) is 23.6 Å². The third-order valence-corrected chi connectivity index (χ3v) is 7.11. The van der Waals surface area contributed by atoms with E-state index in [1.807, 2.05) is 0 Å². The third-order valence-electron chi connectivity index (χ3n) is 7.11. The number of hydrazone groups is 1. The zero-order valence-electron chi connectivity index (χ0n) is 19.2. The van der Waals surface area contributed by atoms with E-state index in [0.717, 1.165) is 57.3 Å². The van der Waals surface area contributed by atoms with Gasteiger partial charge in [-0.2, -0.15) is 5.10 Å². The minimum Gasteiger partial charge on any atom is -0.465 e. The van der Waals surface area contributed by atoms with Gasteiger partial charge in [0, 0.05) is 36.6 Å². The van der Waals surface area contributed by atoms with Crippen LogP contribution in [0.4, 0.5) is 4.39 Å². The molecule has 0 spiro atoms. The molecule has 2 heterocycles. The van der Waals surface area contributed by atoms with Gasteiger partial charge in [-0.15, -0.1) is 0 Å². The van der Waals surface area contributed by atoms with Crippen molar-refractivity contribution in [3.05, 3.63) is 35.6 Å². The number of likely N-dealkylation sites (tertiary alicyclic amines) is 1. The van der Waals surface area contributed by atoms with E-state index >= 15 is 0 Å². The van der Waals surface area contributed by atoms with Gasteiger partial charge in [0.1, 0.15) is 12.4 Å². The molecule has 1 aromatic carbocycles. The number of esters is 1. The summed E-state index contributed by atoms with van der Waals surface area (Å²) < 4.78 is 18.3. The van der Waals surface area contributed by atoms with Crippen molar-refractivity contribution in [2.24, 2.45) is 22.9 Å². The van der Waals surface area contributed by atoms with Crippen LogP contribution in [0.2, 0.25) is 0 Å². The molecule has 1 aromatic rings. The van der Waals surface area contributed by atoms with E-state index in [-0.39, 0.29) is 47.8 Å². The number of amides is 1. The lowest BCUT2D eigenvalue weighted by Gasteiger charge is -2.39. The van der Waals surface area contributed by atoms with E-state index in [2.05, 4.69) is 10.0 Å². The van der Waals surface area contributed by atoms with Crippen LogP contribution < -0.4 is 0 Å². The van der Waals surface area contributed by atoms with Crippen LogP contribution in [0.15, 0.2) is 29.4 Å². The first-order chi connectivity index (χ1) is 15.9. The van der Waals surface area contributed by atoms with Gasteiger partial charge in [-0.3, -0.25) is 14.4 Å². The zero-order chi connectivity index (χ0) is 23.4. The fraction of sp³-hybridized carbons (Fsp3) is 0.600. The van der Waals surface area contributed by atoms with Gasteiger partial charge in [-0.05, 0) is 69.5 Å². The smallest absolute Gasteiger partial charge is 0.302 e. The molecule has 8 heteroatoms. The van der Waals surface area contributed by atoms with Crippen molar-refractivity contribution in [3.8, 4) is 0 Å². The number of ketones is 1. The topological polar surface area (TPSA) is 79.3 Å². The molecular weight excluding hydrogens is 425 g/mol. The van der Waals surface area contributed by atoms with E-state index in [4.69, 9.17) is 4.74 Å². The molecule has 4 rings (SSSR count). The summed E-state index contributed by atoms with van der Waals surface area (Å²) in [5.74, 6) is -1.02. The van der Waals surface area contributed by atoms with E-state index in [1.54, 1.807) is 17.1 Å². The Kier molecular flexibility index (Phi) is 7.53. The van der Waals surface area contributed by atoms with Crippen LogP contribution in [0.3, 0.4) is 0 Å². The van der Waals surface area contributed by atoms with Crippen molar-refractivity contribution in [1.29, 1.82) is 0 Å². The molecule has 0 aromatic heterocycles. The zero-order valence-corrected chi connectivity index (χ0v) is 19.2. The summed E-state index contributed by atoms with van der Waals surface area (Å²) in [6.07, 6.45) is 5.44. The number of hydrogen-bond donors (Lipinski definition) is 0. The number of hydrogen-bond acceptors (Lipinski definition) is 6. The normalized spacial score (nSPS) is 24.2. The Morgan fingerprint density at radius 2 is 1.82 bits per heavy atom. The molecule has 7 nitrogen and oxygen atoms in total. The molecule has 0 bridgehead atoms. The summed E-state index contributed by atoms with van der Waals surface area (Å²) in [4.78, 5) is 39.4. The fourth-order valence-electron chi connectivity index (χ4n) is 5.21. The minimum absolute atomic E-state index is 0.0559. The number of carbonyl (C=O) groups is 3. The van der Waals surface area contributed by atoms with Gasteiger partial charge < -0.3 is 9.64 Å². The molecule has 2 unspecified atom stereocenters. The molecule has 0 N–H and O–H groups in total. The number of carbonyl (C=O) groups excluding carboxylic acids is 3. The number of Topliss-reactive ketones (excluding diaryl/α,β-unsaturated/α-hetero) is 1. The number of benzene rings is 1. The number of rotatable bonds is 7. The highest BCUT2D eigenvalue weighted by Crippen LogP contribution is 2.33. The quantitative estimate of drug-likeness (QED) is 0.464. The Bertz CT molecular complexity index is 909. The molecule has 2 fully saturated rings. The average Bonchev–Trinajstić information content (AvgIpc) is 2.82. The highest BCUT2D eigenvalue weighted by Gasteiger charge is 2.41. The van der Waals surface area contributed by atoms with Crippen LogP contribution in [0.1, 0.15) is 55.8 Å². The van der Waals surface area contributed by atoms with Crippen molar-refractivity contribution < 1.29 is 23.5 Å². The maximum atomic E-state index is 13.1. The molecule has 1 saturated carbocycles. The van der Waals surface area contributed by atoms with E-state index in [1.165, 1.54) is 19.1 Å². The fourth-order valence-corrected chi connectivity index (χ4v) is 5.21. The predicted molar refractivity (Wildman–Crippen MR) is 121 cm³/mol. The summed E-state index contributed by atoms with van der Waals surface area (Å²) in [5.41, 5.74) is 1.62. The van der Waals surface area contributed by atoms with Crippen LogP contribution >= 0.6 is 0 Å². The lowest BCUT2D eigenvalue weighted by Crippen LogP contribution is -2.49. The maximum Gasteiger partial charge on any atom is 0.302 e. The SMILES string of the molecule is CC(=O)OCC1C(=O)N(CCN2CCC(C(=O)c3ccc(F)cc3)CC2)N=C2CCCCC21. The number of ether oxygens (including phenoxy) is 1. The van der Waals surface area contributed by atoms with Gasteiger partial charge >= 0.3 is 5.97 Å². The van der Waals surface area contributed by atoms with Crippen LogP contribution in [0.25, 0.3) is 0 Å². The number of nitrogens with zero attached hydrogens (tertiary/aromatic N) is 3. The van der Waals surface area contributed by atoms with E-state index < -0.39 is 0 Å². The number of halogens is 1. The highest BCUT2D eigenvalue weighted by molar-refractivity contribution is 5.98. The monoisotopic (exact) mass is 457 g/mol. The van der Waals surface area contributed by atoms with Crippen molar-refractivity contribution in [2.45, 2.75) is 45.4 Å². The summed E-state index contributed by atoms with van der Waals surface area (Å²) in [5, 5.41) is 6.26. The van der Waals surface area contributed by atoms with Gasteiger partial charge in [0.05, 0.1) is 12.5 Å². The largest absolute Gasteiger partial charge is 0.465 e. The van der Waals surface area contributed by atoms with Gasteiger partial charge in [0.15, 0.2) is 5.78 Å². The molecule has 33 heavy (non-hydrogen) atoms. The number of piperidine rings is 1. The second kappa shape index (κ2) is 10.5.